The van der Waals surface area contributed by atoms with Crippen LogP contribution in [0.5, 0.6) is 0 Å². The van der Waals surface area contributed by atoms with E-state index >= 15 is 0 Å². The Morgan fingerprint density at radius 1 is 0.268 bits per heavy atom. The van der Waals surface area contributed by atoms with Crippen molar-refractivity contribution in [2.75, 3.05) is 0 Å². The maximum Gasteiger partial charge on any atom is 0.160 e. The van der Waals surface area contributed by atoms with Crippen LogP contribution in [0.25, 0.3) is 100 Å². The molecule has 0 fully saturated rings. The molecule has 10 rings (SSSR count). The van der Waals surface area contributed by atoms with E-state index in [0.29, 0.717) is 5.82 Å². The van der Waals surface area contributed by atoms with Crippen molar-refractivity contribution in [1.29, 1.82) is 0 Å². The van der Waals surface area contributed by atoms with Crippen molar-refractivity contribution in [3.8, 4) is 78.5 Å². The summed E-state index contributed by atoms with van der Waals surface area (Å²) in [5, 5.41) is 3.52. The summed E-state index contributed by atoms with van der Waals surface area (Å²) >= 11 is 0. The quantitative estimate of drug-likeness (QED) is 0.154. The fraction of sp³-hybridized carbons (Fsp3) is 0. The molecular formula is C53H35N3. The van der Waals surface area contributed by atoms with Gasteiger partial charge in [-0.05, 0) is 57.6 Å². The smallest absolute Gasteiger partial charge is 0.160 e. The average molecular weight is 714 g/mol. The molecular weight excluding hydrogens is 679 g/mol. The van der Waals surface area contributed by atoms with Crippen molar-refractivity contribution in [2.24, 2.45) is 0 Å². The van der Waals surface area contributed by atoms with E-state index in [1.165, 1.54) is 10.9 Å². The van der Waals surface area contributed by atoms with E-state index < -0.39 is 0 Å². The predicted octanol–water partition coefficient (Wildman–Crippen LogP) is 13.8. The first-order valence-corrected chi connectivity index (χ1v) is 18.9. The second-order valence-corrected chi connectivity index (χ2v) is 14.0. The van der Waals surface area contributed by atoms with E-state index in [0.717, 1.165) is 83.4 Å². The van der Waals surface area contributed by atoms with Gasteiger partial charge in [-0.2, -0.15) is 0 Å². The third-order valence-corrected chi connectivity index (χ3v) is 10.5. The van der Waals surface area contributed by atoms with Crippen molar-refractivity contribution in [3.05, 3.63) is 212 Å². The highest BCUT2D eigenvalue weighted by atomic mass is 14.9. The molecule has 0 saturated carbocycles. The molecule has 3 nitrogen and oxygen atoms in total. The van der Waals surface area contributed by atoms with Gasteiger partial charge in [0.15, 0.2) is 5.82 Å². The first-order chi connectivity index (χ1) is 27.7. The Hall–Kier alpha value is -7.49. The lowest BCUT2D eigenvalue weighted by atomic mass is 9.92. The Labute approximate surface area is 326 Å². The molecule has 0 unspecified atom stereocenters. The van der Waals surface area contributed by atoms with E-state index in [2.05, 4.69) is 194 Å². The van der Waals surface area contributed by atoms with Crippen LogP contribution < -0.4 is 0 Å². The third kappa shape index (κ3) is 6.31. The second kappa shape index (κ2) is 14.4. The third-order valence-electron chi connectivity index (χ3n) is 10.5. The summed E-state index contributed by atoms with van der Waals surface area (Å²) in [5.74, 6) is 0.696. The van der Waals surface area contributed by atoms with Crippen LogP contribution in [0.1, 0.15) is 0 Å². The fourth-order valence-electron chi connectivity index (χ4n) is 7.71. The summed E-state index contributed by atoms with van der Waals surface area (Å²) in [6, 6.07) is 74.5. The lowest BCUT2D eigenvalue weighted by molar-refractivity contribution is 1.18. The molecule has 56 heavy (non-hydrogen) atoms. The van der Waals surface area contributed by atoms with Gasteiger partial charge in [-0.3, -0.25) is 0 Å². The van der Waals surface area contributed by atoms with E-state index in [4.69, 9.17) is 15.0 Å². The molecule has 2 aromatic heterocycles. The molecule has 0 saturated heterocycles. The van der Waals surface area contributed by atoms with Gasteiger partial charge in [0.25, 0.3) is 0 Å². The Morgan fingerprint density at radius 2 is 0.750 bits per heavy atom. The van der Waals surface area contributed by atoms with Crippen LogP contribution in [0.15, 0.2) is 212 Å². The van der Waals surface area contributed by atoms with Gasteiger partial charge in [0.2, 0.25) is 0 Å². The normalized spacial score (nSPS) is 11.2. The molecule has 0 spiro atoms. The number of para-hydroxylation sites is 1. The van der Waals surface area contributed by atoms with Gasteiger partial charge in [-0.25, -0.2) is 15.0 Å². The first-order valence-electron chi connectivity index (χ1n) is 18.9. The highest BCUT2D eigenvalue weighted by Crippen LogP contribution is 2.39. The molecule has 0 atom stereocenters. The number of nitrogens with zero attached hydrogens (tertiary/aromatic N) is 3. The largest absolute Gasteiger partial charge is 0.247 e. The van der Waals surface area contributed by atoms with Crippen LogP contribution in [0.4, 0.5) is 0 Å². The van der Waals surface area contributed by atoms with Crippen LogP contribution in [0.2, 0.25) is 0 Å². The van der Waals surface area contributed by atoms with Crippen LogP contribution in [0.3, 0.4) is 0 Å². The number of rotatable bonds is 7. The zero-order chi connectivity index (χ0) is 37.3. The minimum atomic E-state index is 0.696. The molecule has 8 aromatic carbocycles. The minimum absolute atomic E-state index is 0.696. The van der Waals surface area contributed by atoms with Crippen LogP contribution in [-0.4, -0.2) is 15.0 Å². The summed E-state index contributed by atoms with van der Waals surface area (Å²) in [7, 11) is 0. The number of hydrogen-bond donors (Lipinski definition) is 0. The van der Waals surface area contributed by atoms with Crippen molar-refractivity contribution in [2.45, 2.75) is 0 Å². The number of fused-ring (bicyclic) bond motifs is 3. The molecule has 262 valence electrons. The van der Waals surface area contributed by atoms with E-state index in [1.807, 2.05) is 18.2 Å². The topological polar surface area (TPSA) is 38.7 Å². The zero-order valence-corrected chi connectivity index (χ0v) is 30.5. The molecule has 0 aliphatic heterocycles. The molecule has 0 N–H and O–H groups in total. The Kier molecular flexibility index (Phi) is 8.51. The van der Waals surface area contributed by atoms with E-state index in [-0.39, 0.29) is 0 Å². The number of pyridine rings is 1. The SMILES string of the molecule is c1ccc(-c2cccc(-c3nc(-c4ccccc4)cc(-c4cccc(-c5ccc(-c6cccc7c(-c8ccccc8)nc8ccccc8c67)cc5)c4)n3)c2)cc1. The van der Waals surface area contributed by atoms with Gasteiger partial charge in [-0.15, -0.1) is 0 Å². The van der Waals surface area contributed by atoms with Gasteiger partial charge in [0.05, 0.1) is 22.6 Å². The lowest BCUT2D eigenvalue weighted by Gasteiger charge is -2.14. The summed E-state index contributed by atoms with van der Waals surface area (Å²) in [5.41, 5.74) is 14.9. The molecule has 0 aliphatic rings. The lowest BCUT2D eigenvalue weighted by Crippen LogP contribution is -1.96. The number of aromatic nitrogens is 3. The average Bonchev–Trinajstić information content (AvgIpc) is 3.29. The fourth-order valence-corrected chi connectivity index (χ4v) is 7.71. The molecule has 0 amide bonds. The Morgan fingerprint density at radius 3 is 1.46 bits per heavy atom. The van der Waals surface area contributed by atoms with Crippen LogP contribution >= 0.6 is 0 Å². The molecule has 0 radical (unpaired) electrons. The van der Waals surface area contributed by atoms with E-state index in [9.17, 15) is 0 Å². The van der Waals surface area contributed by atoms with Crippen LogP contribution in [-0.2, 0) is 0 Å². The molecule has 0 bridgehead atoms. The summed E-state index contributed by atoms with van der Waals surface area (Å²) < 4.78 is 0. The maximum atomic E-state index is 5.19. The van der Waals surface area contributed by atoms with Gasteiger partial charge in [-0.1, -0.05) is 188 Å². The first kappa shape index (κ1) is 33.1. The molecule has 0 aliphatic carbocycles. The van der Waals surface area contributed by atoms with Crippen molar-refractivity contribution in [1.82, 2.24) is 15.0 Å². The minimum Gasteiger partial charge on any atom is -0.247 e. The van der Waals surface area contributed by atoms with Gasteiger partial charge in [0, 0.05) is 38.4 Å². The summed E-state index contributed by atoms with van der Waals surface area (Å²) in [6.07, 6.45) is 0. The summed E-state index contributed by atoms with van der Waals surface area (Å²) in [6.45, 7) is 0. The van der Waals surface area contributed by atoms with Gasteiger partial charge < -0.3 is 0 Å². The van der Waals surface area contributed by atoms with Crippen LogP contribution in [0, 0.1) is 0 Å². The second-order valence-electron chi connectivity index (χ2n) is 14.0. The standard InChI is InChI=1S/C53H35N3/c1-4-15-36(16-5-1)42-22-13-24-44(34-42)53-55-49(39-17-6-2-7-18-39)35-50(56-53)43-23-12-21-41(33-43)37-29-31-38(32-30-37)45-26-14-27-47-51(45)46-25-10-11-28-48(46)54-52(47)40-19-8-3-9-20-40/h1-35H. The van der Waals surface area contributed by atoms with Crippen molar-refractivity contribution >= 4 is 21.7 Å². The number of hydrogen-bond acceptors (Lipinski definition) is 3. The summed E-state index contributed by atoms with van der Waals surface area (Å²) in [4.78, 5) is 15.4. The van der Waals surface area contributed by atoms with Gasteiger partial charge in [0.1, 0.15) is 0 Å². The monoisotopic (exact) mass is 713 g/mol. The highest BCUT2D eigenvalue weighted by Gasteiger charge is 2.16. The van der Waals surface area contributed by atoms with E-state index in [1.54, 1.807) is 0 Å². The molecule has 3 heteroatoms. The maximum absolute atomic E-state index is 5.19. The highest BCUT2D eigenvalue weighted by molar-refractivity contribution is 6.17. The molecule has 2 heterocycles. The van der Waals surface area contributed by atoms with Crippen molar-refractivity contribution in [3.63, 3.8) is 0 Å². The zero-order valence-electron chi connectivity index (χ0n) is 30.5. The Balaban J connectivity index is 1.04. The predicted molar refractivity (Wildman–Crippen MR) is 233 cm³/mol. The van der Waals surface area contributed by atoms with Crippen molar-refractivity contribution < 1.29 is 0 Å². The Bertz CT molecular complexity index is 2990. The van der Waals surface area contributed by atoms with Gasteiger partial charge >= 0.3 is 0 Å². The molecule has 10 aromatic rings. The number of benzene rings is 8.